The molecular weight excluding hydrogens is 368 g/mol. The second-order valence-corrected chi connectivity index (χ2v) is 7.65. The topological polar surface area (TPSA) is 105 Å². The van der Waals surface area contributed by atoms with Crippen LogP contribution in [0.15, 0.2) is 53.4 Å². The molecule has 0 saturated heterocycles. The zero-order valence-corrected chi connectivity index (χ0v) is 16.2. The lowest BCUT2D eigenvalue weighted by atomic mass is 10.1. The van der Waals surface area contributed by atoms with E-state index in [4.69, 9.17) is 14.7 Å². The average Bonchev–Trinajstić information content (AvgIpc) is 2.60. The number of nitro benzene ring substituents is 1. The smallest absolute Gasteiger partial charge is 0.335 e. The number of para-hydroxylation sites is 1. The third kappa shape index (κ3) is 6.58. The van der Waals surface area contributed by atoms with Crippen LogP contribution in [-0.2, 0) is 15.4 Å². The number of carbonyl (C=O) groups excluding carboxylic acids is 1. The zero-order valence-electron chi connectivity index (χ0n) is 15.4. The number of nitro groups is 1. The summed E-state index contributed by atoms with van der Waals surface area (Å²) in [6, 6.07) is 12.5. The highest BCUT2D eigenvalue weighted by atomic mass is 32.2. The maximum Gasteiger partial charge on any atom is 0.335 e. The molecule has 0 bridgehead atoms. The van der Waals surface area contributed by atoms with Crippen LogP contribution in [0, 0.1) is 10.1 Å². The van der Waals surface area contributed by atoms with Crippen molar-refractivity contribution in [2.24, 2.45) is 5.73 Å². The van der Waals surface area contributed by atoms with E-state index in [1.165, 1.54) is 12.1 Å². The summed E-state index contributed by atoms with van der Waals surface area (Å²) in [6.07, 6.45) is 0.284. The Labute approximate surface area is 162 Å². The van der Waals surface area contributed by atoms with E-state index in [0.717, 1.165) is 11.3 Å². The van der Waals surface area contributed by atoms with Gasteiger partial charge >= 0.3 is 5.97 Å². The third-order valence-corrected chi connectivity index (χ3v) is 4.15. The lowest BCUT2D eigenvalue weighted by molar-refractivity contribution is -0.387. The molecule has 0 aliphatic rings. The number of benzene rings is 2. The summed E-state index contributed by atoms with van der Waals surface area (Å²) in [4.78, 5) is 22.8. The van der Waals surface area contributed by atoms with Gasteiger partial charge in [-0.05, 0) is 51.0 Å². The van der Waals surface area contributed by atoms with E-state index >= 15 is 0 Å². The highest BCUT2D eigenvalue weighted by molar-refractivity contribution is 7.95. The Kier molecular flexibility index (Phi) is 6.81. The number of nitrogens with zero attached hydrogens (tertiary/aromatic N) is 1. The summed E-state index contributed by atoms with van der Waals surface area (Å²) in [5.41, 5.74) is 6.34. The molecule has 144 valence electrons. The Balaban J connectivity index is 1.91. The lowest BCUT2D eigenvalue weighted by Gasteiger charge is -2.21. The summed E-state index contributed by atoms with van der Waals surface area (Å²) in [6.45, 7) is 5.88. The Morgan fingerprint density at radius 2 is 1.81 bits per heavy atom. The van der Waals surface area contributed by atoms with Gasteiger partial charge in [-0.3, -0.25) is 10.1 Å². The van der Waals surface area contributed by atoms with E-state index in [1.807, 2.05) is 45.0 Å². The summed E-state index contributed by atoms with van der Waals surface area (Å²) < 4.78 is 10.8. The van der Waals surface area contributed by atoms with Crippen LogP contribution >= 0.6 is 12.0 Å². The molecule has 1 atom stereocenters. The van der Waals surface area contributed by atoms with E-state index < -0.39 is 16.9 Å². The van der Waals surface area contributed by atoms with E-state index in [9.17, 15) is 14.9 Å². The standard InChI is InChI=1S/C19H22N2O5S/c1-19(2,3)25-14-10-8-13(9-11-14)12-15(20)18(22)26-27-17-7-5-4-6-16(17)21(23)24/h4-11,15H,12,20H2,1-3H3/t15-/m0/s1. The van der Waals surface area contributed by atoms with Gasteiger partial charge in [-0.2, -0.15) is 0 Å². The molecule has 2 N–H and O–H groups in total. The fourth-order valence-electron chi connectivity index (χ4n) is 2.21. The van der Waals surface area contributed by atoms with Gasteiger partial charge < -0.3 is 14.7 Å². The monoisotopic (exact) mass is 390 g/mol. The Bertz CT molecular complexity index is 802. The second-order valence-electron chi connectivity index (χ2n) is 6.88. The largest absolute Gasteiger partial charge is 0.488 e. The lowest BCUT2D eigenvalue weighted by Crippen LogP contribution is -2.33. The molecule has 0 saturated carbocycles. The Hall–Kier alpha value is -2.58. The summed E-state index contributed by atoms with van der Waals surface area (Å²) >= 11 is 0.640. The van der Waals surface area contributed by atoms with Crippen molar-refractivity contribution in [3.63, 3.8) is 0 Å². The molecule has 0 amide bonds. The molecule has 0 spiro atoms. The predicted molar refractivity (Wildman–Crippen MR) is 104 cm³/mol. The normalized spacial score (nSPS) is 12.3. The van der Waals surface area contributed by atoms with Crippen molar-refractivity contribution in [1.82, 2.24) is 0 Å². The maximum absolute atomic E-state index is 12.1. The molecule has 0 radical (unpaired) electrons. The van der Waals surface area contributed by atoms with Crippen molar-refractivity contribution in [2.75, 3.05) is 0 Å². The molecule has 0 aliphatic carbocycles. The molecule has 0 unspecified atom stereocenters. The van der Waals surface area contributed by atoms with E-state index in [0.29, 0.717) is 12.0 Å². The van der Waals surface area contributed by atoms with Crippen LogP contribution in [0.1, 0.15) is 26.3 Å². The van der Waals surface area contributed by atoms with Crippen molar-refractivity contribution >= 4 is 23.7 Å². The number of carbonyl (C=O) groups is 1. The van der Waals surface area contributed by atoms with Gasteiger partial charge in [0.25, 0.3) is 5.69 Å². The molecule has 7 nitrogen and oxygen atoms in total. The first-order valence-corrected chi connectivity index (χ1v) is 9.05. The van der Waals surface area contributed by atoms with Crippen LogP contribution in [0.2, 0.25) is 0 Å². The predicted octanol–water partition coefficient (Wildman–Crippen LogP) is 3.89. The minimum absolute atomic E-state index is 0.127. The number of ether oxygens (including phenoxy) is 1. The van der Waals surface area contributed by atoms with Crippen LogP contribution < -0.4 is 10.5 Å². The number of nitrogens with two attached hydrogens (primary N) is 1. The van der Waals surface area contributed by atoms with Gasteiger partial charge in [0.15, 0.2) is 0 Å². The molecule has 0 fully saturated rings. The number of hydrogen-bond donors (Lipinski definition) is 1. The van der Waals surface area contributed by atoms with Gasteiger partial charge in [-0.15, -0.1) is 0 Å². The van der Waals surface area contributed by atoms with Gasteiger partial charge in [-0.1, -0.05) is 24.3 Å². The molecule has 2 rings (SSSR count). The second kappa shape index (κ2) is 8.88. The average molecular weight is 390 g/mol. The number of hydrogen-bond acceptors (Lipinski definition) is 7. The van der Waals surface area contributed by atoms with Crippen molar-refractivity contribution in [3.8, 4) is 5.75 Å². The van der Waals surface area contributed by atoms with Gasteiger partial charge in [0, 0.05) is 6.07 Å². The highest BCUT2D eigenvalue weighted by Crippen LogP contribution is 2.29. The van der Waals surface area contributed by atoms with Gasteiger partial charge in [0.2, 0.25) is 0 Å². The van der Waals surface area contributed by atoms with Crippen molar-refractivity contribution in [3.05, 3.63) is 64.2 Å². The third-order valence-electron chi connectivity index (χ3n) is 3.38. The quantitative estimate of drug-likeness (QED) is 0.434. The van der Waals surface area contributed by atoms with Crippen LogP contribution in [0.4, 0.5) is 5.69 Å². The van der Waals surface area contributed by atoms with Gasteiger partial charge in [0.1, 0.15) is 34.3 Å². The Morgan fingerprint density at radius 3 is 2.41 bits per heavy atom. The molecular formula is C19H22N2O5S. The molecule has 2 aromatic carbocycles. The fourth-order valence-corrected chi connectivity index (χ4v) is 2.87. The van der Waals surface area contributed by atoms with Gasteiger partial charge in [-0.25, -0.2) is 4.79 Å². The van der Waals surface area contributed by atoms with Crippen molar-refractivity contribution in [2.45, 2.75) is 43.7 Å². The summed E-state index contributed by atoms with van der Waals surface area (Å²) in [5, 5.41) is 11.0. The molecule has 27 heavy (non-hydrogen) atoms. The zero-order chi connectivity index (χ0) is 20.0. The number of rotatable bonds is 7. The highest BCUT2D eigenvalue weighted by Gasteiger charge is 2.20. The molecule has 8 heteroatoms. The van der Waals surface area contributed by atoms with E-state index in [2.05, 4.69) is 0 Å². The van der Waals surface area contributed by atoms with E-state index in [1.54, 1.807) is 12.1 Å². The van der Waals surface area contributed by atoms with Crippen LogP contribution in [0.3, 0.4) is 0 Å². The minimum Gasteiger partial charge on any atom is -0.488 e. The van der Waals surface area contributed by atoms with Gasteiger partial charge in [0.05, 0.1) is 4.92 Å². The SMILES string of the molecule is CC(C)(C)Oc1ccc(C[C@H](N)C(=O)OSc2ccccc2[N+](=O)[O-])cc1. The van der Waals surface area contributed by atoms with Crippen molar-refractivity contribution in [1.29, 1.82) is 0 Å². The van der Waals surface area contributed by atoms with Crippen LogP contribution in [-0.4, -0.2) is 22.5 Å². The molecule has 2 aromatic rings. The fraction of sp³-hybridized carbons (Fsp3) is 0.316. The minimum atomic E-state index is -0.880. The molecule has 0 heterocycles. The van der Waals surface area contributed by atoms with E-state index in [-0.39, 0.29) is 22.6 Å². The molecule has 0 aliphatic heterocycles. The van der Waals surface area contributed by atoms with Crippen molar-refractivity contribution < 1.29 is 18.6 Å². The summed E-state index contributed by atoms with van der Waals surface area (Å²) in [7, 11) is 0. The summed E-state index contributed by atoms with van der Waals surface area (Å²) in [5.74, 6) is 0.0857. The first kappa shape index (κ1) is 20.7. The molecule has 0 aromatic heterocycles. The first-order valence-electron chi connectivity index (χ1n) is 8.31. The Morgan fingerprint density at radius 1 is 1.19 bits per heavy atom. The van der Waals surface area contributed by atoms with Crippen LogP contribution in [0.25, 0.3) is 0 Å². The first-order chi connectivity index (χ1) is 12.7. The van der Waals surface area contributed by atoms with Crippen LogP contribution in [0.5, 0.6) is 5.75 Å². The maximum atomic E-state index is 12.1.